The Balaban J connectivity index is 0.000000615. The van der Waals surface area contributed by atoms with Gasteiger partial charge in [0.25, 0.3) is 0 Å². The number of carbonyl (C=O) groups is 1. The number of nitrogens with one attached hydrogen (secondary N) is 1. The van der Waals surface area contributed by atoms with E-state index in [1.165, 1.54) is 40.5 Å². The second-order valence-corrected chi connectivity index (χ2v) is 14.4. The van der Waals surface area contributed by atoms with Crippen LogP contribution in [0.1, 0.15) is 6.92 Å². The largest absolute Gasteiger partial charge is 0.310 e. The predicted molar refractivity (Wildman–Crippen MR) is 189 cm³/mol. The van der Waals surface area contributed by atoms with Crippen LogP contribution < -0.4 is 26.5 Å². The third kappa shape index (κ3) is 15.0. The molecule has 0 saturated carbocycles. The fourth-order valence-electron chi connectivity index (χ4n) is 4.33. The number of esters is 1. The zero-order chi connectivity index (χ0) is 33.3. The van der Waals surface area contributed by atoms with E-state index >= 15 is 0 Å². The van der Waals surface area contributed by atoms with Crippen molar-refractivity contribution >= 4 is 59.5 Å². The molecular weight excluding hydrogens is 719 g/mol. The topological polar surface area (TPSA) is 55.4 Å². The van der Waals surface area contributed by atoms with Gasteiger partial charge in [0, 0.05) is 13.1 Å². The van der Waals surface area contributed by atoms with E-state index in [1.54, 1.807) is 17.3 Å². The maximum atomic E-state index is 12.1. The fourth-order valence-corrected chi connectivity index (χ4v) is 9.38. The van der Waals surface area contributed by atoms with Crippen LogP contribution in [0, 0.1) is 0 Å². The number of alkyl halides is 2. The molecular formula is C35H41ClF2NO3P2Ru+3. The van der Waals surface area contributed by atoms with Gasteiger partial charge in [-0.1, -0.05) is 79.4 Å². The Morgan fingerprint density at radius 1 is 0.756 bits per heavy atom. The Morgan fingerprint density at radius 2 is 1.04 bits per heavy atom. The summed E-state index contributed by atoms with van der Waals surface area (Å²) in [4.78, 5) is 18.0. The van der Waals surface area contributed by atoms with E-state index in [-0.39, 0.29) is 12.7 Å². The van der Waals surface area contributed by atoms with Crippen LogP contribution in [0.3, 0.4) is 0 Å². The second kappa shape index (κ2) is 24.6. The SMILES string of the molecule is C=CC(F)(F)C(=O)OCC.[CH-]=O.[Cl][RuH+2].c1ccc([PH+](CCNCC[PH+](c2ccccc2)c2ccccc2)c2ccccc2)cc1. The average molecular weight is 760 g/mol. The molecule has 0 aliphatic rings. The van der Waals surface area contributed by atoms with Gasteiger partial charge in [0.15, 0.2) is 0 Å². The minimum Gasteiger partial charge on any atom is -0.310 e. The van der Waals surface area contributed by atoms with Crippen molar-refractivity contribution in [2.24, 2.45) is 0 Å². The maximum absolute atomic E-state index is 12.1. The summed E-state index contributed by atoms with van der Waals surface area (Å²) in [5, 5.41) is 9.77. The van der Waals surface area contributed by atoms with E-state index in [4.69, 9.17) is 4.79 Å². The van der Waals surface area contributed by atoms with Crippen LogP contribution >= 0.6 is 25.5 Å². The summed E-state index contributed by atoms with van der Waals surface area (Å²) in [6.07, 6.45) is 2.67. The van der Waals surface area contributed by atoms with E-state index in [0.29, 0.717) is 0 Å². The molecule has 0 unspecified atom stereocenters. The van der Waals surface area contributed by atoms with Gasteiger partial charge in [0.2, 0.25) is 0 Å². The zero-order valence-corrected chi connectivity index (χ0v) is 29.8. The minimum atomic E-state index is -3.55. The molecule has 10 heteroatoms. The average Bonchev–Trinajstić information content (AvgIpc) is 3.11. The van der Waals surface area contributed by atoms with Crippen LogP contribution in [0.15, 0.2) is 134 Å². The van der Waals surface area contributed by atoms with Gasteiger partial charge >= 0.3 is 38.9 Å². The van der Waals surface area contributed by atoms with Crippen LogP contribution in [0.25, 0.3) is 0 Å². The number of halogens is 3. The normalized spacial score (nSPS) is 10.3. The van der Waals surface area contributed by atoms with Crippen LogP contribution in [0.2, 0.25) is 0 Å². The van der Waals surface area contributed by atoms with Crippen LogP contribution in [-0.2, 0) is 31.6 Å². The van der Waals surface area contributed by atoms with E-state index in [9.17, 15) is 13.6 Å². The Labute approximate surface area is 282 Å². The Hall–Kier alpha value is -2.65. The molecule has 0 spiro atoms. The third-order valence-electron chi connectivity index (χ3n) is 6.40. The number of hydrogen-bond acceptors (Lipinski definition) is 4. The van der Waals surface area contributed by atoms with Gasteiger partial charge in [-0.2, -0.15) is 8.78 Å². The second-order valence-electron chi connectivity index (χ2n) is 9.22. The molecule has 0 heterocycles. The summed E-state index contributed by atoms with van der Waals surface area (Å²) >= 11 is 1.62. The first kappa shape index (κ1) is 40.4. The molecule has 0 amide bonds. The van der Waals surface area contributed by atoms with Crippen molar-refractivity contribution in [3.63, 3.8) is 0 Å². The smallest absolute Gasteiger partial charge is 0.0967 e. The van der Waals surface area contributed by atoms with Crippen molar-refractivity contribution in [2.45, 2.75) is 12.8 Å². The molecule has 0 radical (unpaired) electrons. The van der Waals surface area contributed by atoms with Crippen LogP contribution in [-0.4, -0.2) is 50.7 Å². The standard InChI is InChI=1S/C28H29NP2.C6H8F2O2.CHO.ClH.Ru.H/c1-5-13-25(14-6-1)30(26-15-7-2-8-16-26)23-21-29-22-24-31(27-17-9-3-10-18-27)28-19-11-4-12-20-28;1-3-6(7,8)5(9)10-4-2;1-2;;;/h1-20,29H,21-24H2;3H,1,4H2,2H3;1H;1H;;/q;;-1;;+3;/p+1. The van der Waals surface area contributed by atoms with Crippen LogP contribution in [0.4, 0.5) is 8.78 Å². The Bertz CT molecular complexity index is 1160. The molecule has 0 saturated heterocycles. The number of ether oxygens (including phenoxy) is 1. The maximum Gasteiger partial charge on any atom is 0.0967 e. The Morgan fingerprint density at radius 3 is 1.29 bits per heavy atom. The van der Waals surface area contributed by atoms with Gasteiger partial charge < -0.3 is 14.8 Å². The molecule has 0 bridgehead atoms. The monoisotopic (exact) mass is 760 g/mol. The van der Waals surface area contributed by atoms with Crippen molar-refractivity contribution in [1.29, 1.82) is 0 Å². The van der Waals surface area contributed by atoms with Gasteiger partial charge in [-0.15, -0.1) is 0 Å². The molecule has 4 aromatic carbocycles. The Kier molecular flexibility index (Phi) is 22.0. The van der Waals surface area contributed by atoms with Crippen molar-refractivity contribution in [1.82, 2.24) is 5.32 Å². The van der Waals surface area contributed by atoms with Gasteiger partial charge in [-0.3, -0.25) is 6.79 Å². The first-order chi connectivity index (χ1) is 22.0. The van der Waals surface area contributed by atoms with Crippen molar-refractivity contribution in [2.75, 3.05) is 32.0 Å². The molecule has 240 valence electrons. The summed E-state index contributed by atoms with van der Waals surface area (Å²) in [5.74, 6) is -5.10. The molecule has 4 rings (SSSR count). The van der Waals surface area contributed by atoms with E-state index in [2.05, 4.69) is 154 Å². The zero-order valence-electron chi connectivity index (χ0n) is 25.2. The van der Waals surface area contributed by atoms with Gasteiger partial charge in [0.1, 0.15) is 0 Å². The van der Waals surface area contributed by atoms with Crippen molar-refractivity contribution in [3.05, 3.63) is 134 Å². The number of rotatable bonds is 13. The van der Waals surface area contributed by atoms with E-state index < -0.39 is 27.7 Å². The molecule has 0 aliphatic heterocycles. The molecule has 4 aromatic rings. The molecule has 4 nitrogen and oxygen atoms in total. The van der Waals surface area contributed by atoms with Gasteiger partial charge in [-0.05, 0) is 61.5 Å². The summed E-state index contributed by atoms with van der Waals surface area (Å²) < 4.78 is 28.3. The number of hydrogen-bond donors (Lipinski definition) is 1. The molecule has 0 atom stereocenters. The van der Waals surface area contributed by atoms with Gasteiger partial charge in [-0.25, -0.2) is 4.79 Å². The predicted octanol–water partition coefficient (Wildman–Crippen LogP) is 5.82. The summed E-state index contributed by atoms with van der Waals surface area (Å²) in [6, 6.07) is 44.2. The quantitative estimate of drug-likeness (QED) is 0.0355. The number of benzene rings is 4. The molecule has 0 aliphatic carbocycles. The molecule has 0 fully saturated rings. The summed E-state index contributed by atoms with van der Waals surface area (Å²) in [6.45, 7) is 9.57. The summed E-state index contributed by atoms with van der Waals surface area (Å²) in [5.41, 5.74) is 0. The van der Waals surface area contributed by atoms with Crippen molar-refractivity contribution in [3.8, 4) is 0 Å². The first-order valence-electron chi connectivity index (χ1n) is 14.2. The molecule has 0 aromatic heterocycles. The third-order valence-corrected chi connectivity index (χ3v) is 12.0. The minimum absolute atomic E-state index is 0.0533. The number of carbonyl (C=O) groups excluding carboxylic acids is 2. The van der Waals surface area contributed by atoms with Gasteiger partial charge in [0.05, 0.1) is 56.0 Å². The van der Waals surface area contributed by atoms with Crippen molar-refractivity contribution < 1.29 is 40.4 Å². The molecule has 1 N–H and O–H groups in total. The first-order valence-corrected chi connectivity index (χ1v) is 20.0. The summed E-state index contributed by atoms with van der Waals surface area (Å²) in [7, 11) is 3.09. The van der Waals surface area contributed by atoms with E-state index in [0.717, 1.165) is 13.1 Å². The van der Waals surface area contributed by atoms with E-state index in [1.807, 2.05) is 0 Å². The van der Waals surface area contributed by atoms with Crippen LogP contribution in [0.5, 0.6) is 0 Å². The molecule has 45 heavy (non-hydrogen) atoms. The fraction of sp³-hybridized carbons (Fsp3) is 0.200.